The number of ether oxygens (including phenoxy) is 1. The summed E-state index contributed by atoms with van der Waals surface area (Å²) < 4.78 is 7.24. The first kappa shape index (κ1) is 10.1. The lowest BCUT2D eigenvalue weighted by molar-refractivity contribution is 0.125. The van der Waals surface area contributed by atoms with Gasteiger partial charge in [-0.15, -0.1) is 10.2 Å². The lowest BCUT2D eigenvalue weighted by Gasteiger charge is -2.05. The van der Waals surface area contributed by atoms with Crippen molar-refractivity contribution in [2.24, 2.45) is 5.73 Å². The standard InChI is InChI=1S/C8H16N4O/c1-3-12-7(5-9)10-11-8(12)6-13-4-2/h3-6,9H2,1-2H3. The van der Waals surface area contributed by atoms with Crippen LogP contribution in [0.25, 0.3) is 0 Å². The zero-order valence-corrected chi connectivity index (χ0v) is 8.16. The highest BCUT2D eigenvalue weighted by Gasteiger charge is 2.08. The van der Waals surface area contributed by atoms with E-state index in [1.807, 2.05) is 18.4 Å². The molecule has 0 atom stereocenters. The highest BCUT2D eigenvalue weighted by Crippen LogP contribution is 2.02. The molecule has 0 spiro atoms. The summed E-state index contributed by atoms with van der Waals surface area (Å²) in [6.07, 6.45) is 0. The van der Waals surface area contributed by atoms with Crippen LogP contribution in [0.3, 0.4) is 0 Å². The first-order valence-electron chi connectivity index (χ1n) is 4.52. The molecule has 1 heterocycles. The van der Waals surface area contributed by atoms with Crippen LogP contribution in [0.4, 0.5) is 0 Å². The molecular weight excluding hydrogens is 168 g/mol. The molecule has 1 rings (SSSR count). The Labute approximate surface area is 77.9 Å². The van der Waals surface area contributed by atoms with Crippen molar-refractivity contribution in [2.45, 2.75) is 33.5 Å². The maximum Gasteiger partial charge on any atom is 0.159 e. The fraction of sp³-hybridized carbons (Fsp3) is 0.750. The molecule has 1 aromatic heterocycles. The summed E-state index contributed by atoms with van der Waals surface area (Å²) >= 11 is 0. The minimum atomic E-state index is 0.424. The van der Waals surface area contributed by atoms with E-state index in [-0.39, 0.29) is 0 Å². The molecular formula is C8H16N4O. The molecule has 0 saturated carbocycles. The predicted octanol–water partition coefficient (Wildman–Crippen LogP) is 0.293. The summed E-state index contributed by atoms with van der Waals surface area (Å²) in [6.45, 7) is 6.45. The molecule has 0 aromatic carbocycles. The van der Waals surface area contributed by atoms with Gasteiger partial charge in [0.2, 0.25) is 0 Å². The van der Waals surface area contributed by atoms with Crippen molar-refractivity contribution in [2.75, 3.05) is 6.61 Å². The number of nitrogens with two attached hydrogens (primary N) is 1. The highest BCUT2D eigenvalue weighted by atomic mass is 16.5. The topological polar surface area (TPSA) is 66.0 Å². The zero-order valence-electron chi connectivity index (χ0n) is 8.16. The SMILES string of the molecule is CCOCc1nnc(CN)n1CC. The van der Waals surface area contributed by atoms with Crippen molar-refractivity contribution in [3.63, 3.8) is 0 Å². The van der Waals surface area contributed by atoms with E-state index in [4.69, 9.17) is 10.5 Å². The number of hydrogen-bond donors (Lipinski definition) is 1. The highest BCUT2D eigenvalue weighted by molar-refractivity contribution is 4.94. The van der Waals surface area contributed by atoms with E-state index in [1.165, 1.54) is 0 Å². The molecule has 0 aliphatic heterocycles. The van der Waals surface area contributed by atoms with Crippen LogP contribution in [0.15, 0.2) is 0 Å². The first-order chi connectivity index (χ1) is 6.33. The van der Waals surface area contributed by atoms with Crippen LogP contribution in [-0.4, -0.2) is 21.4 Å². The van der Waals surface area contributed by atoms with Gasteiger partial charge in [0.15, 0.2) is 5.82 Å². The Bertz CT molecular complexity index is 259. The van der Waals surface area contributed by atoms with Crippen molar-refractivity contribution >= 4 is 0 Å². The van der Waals surface area contributed by atoms with Crippen LogP contribution in [0, 0.1) is 0 Å². The van der Waals surface area contributed by atoms with Crippen LogP contribution < -0.4 is 5.73 Å². The zero-order chi connectivity index (χ0) is 9.68. The van der Waals surface area contributed by atoms with Crippen LogP contribution in [0.2, 0.25) is 0 Å². The Hall–Kier alpha value is -0.940. The maximum absolute atomic E-state index is 5.50. The van der Waals surface area contributed by atoms with Gasteiger partial charge >= 0.3 is 0 Å². The maximum atomic E-state index is 5.50. The summed E-state index contributed by atoms with van der Waals surface area (Å²) in [6, 6.07) is 0. The van der Waals surface area contributed by atoms with E-state index in [0.717, 1.165) is 18.2 Å². The number of nitrogens with zero attached hydrogens (tertiary/aromatic N) is 3. The molecule has 0 bridgehead atoms. The Morgan fingerprint density at radius 3 is 2.54 bits per heavy atom. The van der Waals surface area contributed by atoms with Crippen molar-refractivity contribution in [3.05, 3.63) is 11.6 Å². The minimum Gasteiger partial charge on any atom is -0.374 e. The van der Waals surface area contributed by atoms with E-state index in [1.54, 1.807) is 0 Å². The Balaban J connectivity index is 2.75. The van der Waals surface area contributed by atoms with Gasteiger partial charge in [-0.2, -0.15) is 0 Å². The quantitative estimate of drug-likeness (QED) is 0.714. The molecule has 13 heavy (non-hydrogen) atoms. The monoisotopic (exact) mass is 184 g/mol. The number of rotatable bonds is 5. The lowest BCUT2D eigenvalue weighted by atomic mass is 10.5. The molecule has 5 heteroatoms. The molecule has 0 radical (unpaired) electrons. The third-order valence-corrected chi connectivity index (χ3v) is 1.84. The lowest BCUT2D eigenvalue weighted by Crippen LogP contribution is -2.10. The second-order valence-corrected chi connectivity index (χ2v) is 2.62. The summed E-state index contributed by atoms with van der Waals surface area (Å²) in [5.41, 5.74) is 5.50. The first-order valence-corrected chi connectivity index (χ1v) is 4.52. The van der Waals surface area contributed by atoms with E-state index in [2.05, 4.69) is 10.2 Å². The number of aromatic nitrogens is 3. The third kappa shape index (κ3) is 2.26. The van der Waals surface area contributed by atoms with Crippen molar-refractivity contribution < 1.29 is 4.74 Å². The van der Waals surface area contributed by atoms with E-state index < -0.39 is 0 Å². The largest absolute Gasteiger partial charge is 0.374 e. The Morgan fingerprint density at radius 2 is 2.00 bits per heavy atom. The molecule has 0 saturated heterocycles. The van der Waals surface area contributed by atoms with Crippen LogP contribution >= 0.6 is 0 Å². The summed E-state index contributed by atoms with van der Waals surface area (Å²) in [7, 11) is 0. The second-order valence-electron chi connectivity index (χ2n) is 2.62. The fourth-order valence-electron chi connectivity index (χ4n) is 1.19. The minimum absolute atomic E-state index is 0.424. The molecule has 0 aliphatic rings. The van der Waals surface area contributed by atoms with Crippen molar-refractivity contribution in [1.29, 1.82) is 0 Å². The molecule has 5 nitrogen and oxygen atoms in total. The third-order valence-electron chi connectivity index (χ3n) is 1.84. The molecule has 74 valence electrons. The Morgan fingerprint density at radius 1 is 1.31 bits per heavy atom. The summed E-state index contributed by atoms with van der Waals surface area (Å²) in [5.74, 6) is 1.67. The predicted molar refractivity (Wildman–Crippen MR) is 48.9 cm³/mol. The van der Waals surface area contributed by atoms with Gasteiger partial charge < -0.3 is 15.0 Å². The number of hydrogen-bond acceptors (Lipinski definition) is 4. The molecule has 0 unspecified atom stereocenters. The molecule has 0 aliphatic carbocycles. The fourth-order valence-corrected chi connectivity index (χ4v) is 1.19. The molecule has 0 amide bonds. The average Bonchev–Trinajstić information content (AvgIpc) is 2.56. The molecule has 2 N–H and O–H groups in total. The van der Waals surface area contributed by atoms with Gasteiger partial charge in [-0.25, -0.2) is 0 Å². The van der Waals surface area contributed by atoms with E-state index in [0.29, 0.717) is 19.8 Å². The smallest absolute Gasteiger partial charge is 0.159 e. The normalized spacial score (nSPS) is 10.7. The summed E-state index contributed by atoms with van der Waals surface area (Å²) in [4.78, 5) is 0. The van der Waals surface area contributed by atoms with Crippen LogP contribution in [0.1, 0.15) is 25.5 Å². The van der Waals surface area contributed by atoms with Gasteiger partial charge in [0, 0.05) is 13.2 Å². The van der Waals surface area contributed by atoms with Gasteiger partial charge in [0.25, 0.3) is 0 Å². The van der Waals surface area contributed by atoms with E-state index >= 15 is 0 Å². The van der Waals surface area contributed by atoms with Crippen molar-refractivity contribution in [1.82, 2.24) is 14.8 Å². The molecule has 1 aromatic rings. The van der Waals surface area contributed by atoms with Gasteiger partial charge in [-0.1, -0.05) is 0 Å². The van der Waals surface area contributed by atoms with E-state index in [9.17, 15) is 0 Å². The van der Waals surface area contributed by atoms with Crippen LogP contribution in [0.5, 0.6) is 0 Å². The second kappa shape index (κ2) is 4.94. The van der Waals surface area contributed by atoms with Crippen molar-refractivity contribution in [3.8, 4) is 0 Å². The Kier molecular flexibility index (Phi) is 3.85. The van der Waals surface area contributed by atoms with Crippen LogP contribution in [-0.2, 0) is 24.4 Å². The molecule has 0 fully saturated rings. The summed E-state index contributed by atoms with van der Waals surface area (Å²) in [5, 5.41) is 7.97. The van der Waals surface area contributed by atoms with Gasteiger partial charge in [0.1, 0.15) is 12.4 Å². The average molecular weight is 184 g/mol. The van der Waals surface area contributed by atoms with Gasteiger partial charge in [0.05, 0.1) is 6.54 Å². The van der Waals surface area contributed by atoms with Gasteiger partial charge in [-0.3, -0.25) is 0 Å². The van der Waals surface area contributed by atoms with Gasteiger partial charge in [-0.05, 0) is 13.8 Å².